The molecule has 0 aliphatic carbocycles. The number of benzene rings is 2. The molecule has 3 aromatic rings. The molecule has 1 aromatic heterocycles. The van der Waals surface area contributed by atoms with Gasteiger partial charge in [0, 0.05) is 43.7 Å². The minimum absolute atomic E-state index is 0.0569. The van der Waals surface area contributed by atoms with Crippen molar-refractivity contribution >= 4 is 22.7 Å². The fourth-order valence-corrected chi connectivity index (χ4v) is 4.17. The van der Waals surface area contributed by atoms with E-state index in [1.54, 1.807) is 13.2 Å². The molecule has 1 atom stereocenters. The van der Waals surface area contributed by atoms with Crippen LogP contribution in [0, 0.1) is 0 Å². The van der Waals surface area contributed by atoms with Crippen LogP contribution in [0.1, 0.15) is 23.0 Å². The number of rotatable bonds is 6. The van der Waals surface area contributed by atoms with Gasteiger partial charge in [-0.2, -0.15) is 0 Å². The van der Waals surface area contributed by atoms with E-state index in [1.165, 1.54) is 5.56 Å². The molecule has 1 aliphatic rings. The number of hydrogen-bond acceptors (Lipinski definition) is 5. The first-order chi connectivity index (χ1) is 15.5. The molecule has 1 saturated heterocycles. The number of aromatic nitrogens is 1. The van der Waals surface area contributed by atoms with Gasteiger partial charge in [0.1, 0.15) is 11.4 Å². The molecular weight excluding hydrogens is 404 g/mol. The van der Waals surface area contributed by atoms with Crippen LogP contribution in [0.2, 0.25) is 0 Å². The highest BCUT2D eigenvalue weighted by molar-refractivity contribution is 5.98. The largest absolute Gasteiger partial charge is 0.496 e. The molecule has 32 heavy (non-hydrogen) atoms. The molecule has 1 aliphatic heterocycles. The molecule has 7 heteroatoms. The number of ether oxygens (including phenoxy) is 1. The maximum absolute atomic E-state index is 12.8. The second-order valence-electron chi connectivity index (χ2n) is 8.07. The first-order valence-electron chi connectivity index (χ1n) is 10.8. The lowest BCUT2D eigenvalue weighted by Crippen LogP contribution is -2.55. The van der Waals surface area contributed by atoms with Crippen LogP contribution in [-0.4, -0.2) is 65.9 Å². The zero-order valence-electron chi connectivity index (χ0n) is 18.5. The van der Waals surface area contributed by atoms with E-state index in [0.29, 0.717) is 17.8 Å². The van der Waals surface area contributed by atoms with E-state index in [4.69, 9.17) is 4.74 Å². The molecule has 1 fully saturated rings. The average Bonchev–Trinajstić information content (AvgIpc) is 2.82. The molecule has 0 saturated carbocycles. The van der Waals surface area contributed by atoms with Crippen molar-refractivity contribution in [3.8, 4) is 5.75 Å². The number of pyridine rings is 1. The molecule has 7 nitrogen and oxygen atoms in total. The number of methoxy groups -OCH3 is 1. The SMILES string of the molecule is COc1cc(C(=O)NCC(=O)N2CCN(Cc3ccccc3)CC2C)nc2ccccc12. The fraction of sp³-hybridized carbons (Fsp3) is 0.320. The van der Waals surface area contributed by atoms with E-state index in [2.05, 4.69) is 27.3 Å². The van der Waals surface area contributed by atoms with E-state index in [-0.39, 0.29) is 24.2 Å². The summed E-state index contributed by atoms with van der Waals surface area (Å²) in [5, 5.41) is 3.56. The van der Waals surface area contributed by atoms with Crippen LogP contribution in [0.25, 0.3) is 10.9 Å². The number of carbonyl (C=O) groups is 2. The van der Waals surface area contributed by atoms with Crippen molar-refractivity contribution in [2.24, 2.45) is 0 Å². The zero-order valence-corrected chi connectivity index (χ0v) is 18.5. The summed E-state index contributed by atoms with van der Waals surface area (Å²) >= 11 is 0. The molecule has 166 valence electrons. The lowest BCUT2D eigenvalue weighted by molar-refractivity contribution is -0.134. The Morgan fingerprint density at radius 3 is 2.59 bits per heavy atom. The monoisotopic (exact) mass is 432 g/mol. The Labute approximate surface area is 188 Å². The van der Waals surface area contributed by atoms with E-state index in [9.17, 15) is 9.59 Å². The van der Waals surface area contributed by atoms with Crippen LogP contribution in [0.4, 0.5) is 0 Å². The maximum Gasteiger partial charge on any atom is 0.270 e. The molecular formula is C25H28N4O3. The van der Waals surface area contributed by atoms with Crippen molar-refractivity contribution in [1.29, 1.82) is 0 Å². The third kappa shape index (κ3) is 4.89. The third-order valence-electron chi connectivity index (χ3n) is 5.81. The number of hydrogen-bond donors (Lipinski definition) is 1. The Balaban J connectivity index is 1.34. The van der Waals surface area contributed by atoms with Crippen LogP contribution < -0.4 is 10.1 Å². The zero-order chi connectivity index (χ0) is 22.5. The van der Waals surface area contributed by atoms with Gasteiger partial charge in [0.15, 0.2) is 0 Å². The highest BCUT2D eigenvalue weighted by Crippen LogP contribution is 2.24. The lowest BCUT2D eigenvalue weighted by atomic mass is 10.1. The number of nitrogens with one attached hydrogen (secondary N) is 1. The quantitative estimate of drug-likeness (QED) is 0.648. The Kier molecular flexibility index (Phi) is 6.66. The normalized spacial score (nSPS) is 16.7. The third-order valence-corrected chi connectivity index (χ3v) is 5.81. The Bertz CT molecular complexity index is 1100. The van der Waals surface area contributed by atoms with Gasteiger partial charge in [0.05, 0.1) is 19.2 Å². The number of piperazine rings is 1. The summed E-state index contributed by atoms with van der Waals surface area (Å²) in [5.41, 5.74) is 2.17. The van der Waals surface area contributed by atoms with Gasteiger partial charge in [-0.15, -0.1) is 0 Å². The molecule has 0 spiro atoms. The van der Waals surface area contributed by atoms with Crippen molar-refractivity contribution in [2.75, 3.05) is 33.3 Å². The second-order valence-corrected chi connectivity index (χ2v) is 8.07. The molecule has 2 amide bonds. The molecule has 4 rings (SSSR count). The van der Waals surface area contributed by atoms with Gasteiger partial charge < -0.3 is 15.0 Å². The summed E-state index contributed by atoms with van der Waals surface area (Å²) in [6.45, 7) is 5.12. The number of nitrogens with zero attached hydrogens (tertiary/aromatic N) is 3. The van der Waals surface area contributed by atoms with Crippen molar-refractivity contribution in [3.63, 3.8) is 0 Å². The molecule has 0 radical (unpaired) electrons. The van der Waals surface area contributed by atoms with E-state index < -0.39 is 5.91 Å². The van der Waals surface area contributed by atoms with Crippen molar-refractivity contribution in [2.45, 2.75) is 19.5 Å². The van der Waals surface area contributed by atoms with Gasteiger partial charge in [-0.25, -0.2) is 4.98 Å². The Morgan fingerprint density at radius 1 is 1.09 bits per heavy atom. The number of para-hydroxylation sites is 1. The van der Waals surface area contributed by atoms with E-state index in [0.717, 1.165) is 25.0 Å². The summed E-state index contributed by atoms with van der Waals surface area (Å²) in [6.07, 6.45) is 0. The van der Waals surface area contributed by atoms with Crippen LogP contribution in [0.15, 0.2) is 60.7 Å². The summed E-state index contributed by atoms with van der Waals surface area (Å²) in [5.74, 6) is 0.103. The number of amides is 2. The molecule has 2 heterocycles. The Hall–Kier alpha value is -3.45. The minimum Gasteiger partial charge on any atom is -0.496 e. The minimum atomic E-state index is -0.391. The summed E-state index contributed by atoms with van der Waals surface area (Å²) in [6, 6.07) is 19.5. The molecule has 0 bridgehead atoms. The van der Waals surface area contributed by atoms with E-state index in [1.807, 2.05) is 54.3 Å². The highest BCUT2D eigenvalue weighted by Gasteiger charge is 2.27. The standard InChI is InChI=1S/C25H28N4O3/c1-18-16-28(17-19-8-4-3-5-9-19)12-13-29(18)24(30)15-26-25(31)22-14-23(32-2)20-10-6-7-11-21(20)27-22/h3-11,14,18H,12-13,15-17H2,1-2H3,(H,26,31). The van der Waals surface area contributed by atoms with Crippen LogP contribution >= 0.6 is 0 Å². The van der Waals surface area contributed by atoms with Crippen LogP contribution in [-0.2, 0) is 11.3 Å². The molecule has 1 unspecified atom stereocenters. The predicted molar refractivity (Wildman–Crippen MR) is 124 cm³/mol. The average molecular weight is 433 g/mol. The topological polar surface area (TPSA) is 74.8 Å². The first kappa shape index (κ1) is 21.8. The maximum atomic E-state index is 12.8. The summed E-state index contributed by atoms with van der Waals surface area (Å²) < 4.78 is 5.41. The first-order valence-corrected chi connectivity index (χ1v) is 10.8. The van der Waals surface area contributed by atoms with Crippen molar-refractivity contribution in [1.82, 2.24) is 20.1 Å². The lowest BCUT2D eigenvalue weighted by Gasteiger charge is -2.40. The number of carbonyl (C=O) groups excluding carboxylic acids is 2. The van der Waals surface area contributed by atoms with Crippen LogP contribution in [0.3, 0.4) is 0 Å². The van der Waals surface area contributed by atoms with Gasteiger partial charge in [0.25, 0.3) is 5.91 Å². The second kappa shape index (κ2) is 9.78. The molecule has 2 aromatic carbocycles. The fourth-order valence-electron chi connectivity index (χ4n) is 4.17. The van der Waals surface area contributed by atoms with Gasteiger partial charge in [-0.3, -0.25) is 14.5 Å². The Morgan fingerprint density at radius 2 is 1.84 bits per heavy atom. The van der Waals surface area contributed by atoms with Crippen molar-refractivity contribution in [3.05, 3.63) is 71.9 Å². The summed E-state index contributed by atoms with van der Waals surface area (Å²) in [4.78, 5) is 34.1. The highest BCUT2D eigenvalue weighted by atomic mass is 16.5. The van der Waals surface area contributed by atoms with Gasteiger partial charge in [-0.05, 0) is 24.6 Å². The van der Waals surface area contributed by atoms with Crippen molar-refractivity contribution < 1.29 is 14.3 Å². The summed E-state index contributed by atoms with van der Waals surface area (Å²) in [7, 11) is 1.56. The van der Waals surface area contributed by atoms with E-state index >= 15 is 0 Å². The van der Waals surface area contributed by atoms with Gasteiger partial charge >= 0.3 is 0 Å². The predicted octanol–water partition coefficient (Wildman–Crippen LogP) is 2.71. The van der Waals surface area contributed by atoms with Gasteiger partial charge in [0.2, 0.25) is 5.91 Å². The number of fused-ring (bicyclic) bond motifs is 1. The van der Waals surface area contributed by atoms with Gasteiger partial charge in [-0.1, -0.05) is 42.5 Å². The molecule has 1 N–H and O–H groups in total. The smallest absolute Gasteiger partial charge is 0.270 e. The van der Waals surface area contributed by atoms with Crippen LogP contribution in [0.5, 0.6) is 5.75 Å².